The van der Waals surface area contributed by atoms with E-state index >= 15 is 0 Å². The first-order valence-electron chi connectivity index (χ1n) is 14.1. The summed E-state index contributed by atoms with van der Waals surface area (Å²) < 4.78 is 41.4. The van der Waals surface area contributed by atoms with Crippen molar-refractivity contribution in [1.29, 1.82) is 0 Å². The molecule has 4 aromatic rings. The van der Waals surface area contributed by atoms with Gasteiger partial charge >= 0.3 is 0 Å². The summed E-state index contributed by atoms with van der Waals surface area (Å²) in [6.07, 6.45) is 4.44. The Labute approximate surface area is 244 Å². The van der Waals surface area contributed by atoms with Gasteiger partial charge in [0, 0.05) is 39.5 Å². The molecular weight excluding hydrogens is 560 g/mol. The highest BCUT2D eigenvalue weighted by molar-refractivity contribution is 7.89. The maximum absolute atomic E-state index is 13.6. The molecule has 1 aliphatic rings. The normalized spacial score (nSPS) is 14.9. The number of piperazine rings is 1. The van der Waals surface area contributed by atoms with Gasteiger partial charge in [0.2, 0.25) is 15.9 Å². The Morgan fingerprint density at radius 2 is 1.86 bits per heavy atom. The van der Waals surface area contributed by atoms with Gasteiger partial charge < -0.3 is 19.4 Å². The van der Waals surface area contributed by atoms with Crippen LogP contribution in [0.1, 0.15) is 31.7 Å². The minimum Gasteiger partial charge on any atom is -0.475 e. The van der Waals surface area contributed by atoms with Gasteiger partial charge in [0.05, 0.1) is 36.3 Å². The average Bonchev–Trinajstić information content (AvgIpc) is 3.35. The largest absolute Gasteiger partial charge is 0.475 e. The third-order valence-electron chi connectivity index (χ3n) is 7.25. The van der Waals surface area contributed by atoms with Crippen molar-refractivity contribution in [3.63, 3.8) is 0 Å². The second kappa shape index (κ2) is 13.1. The molecule has 1 N–H and O–H groups in total. The third-order valence-corrected chi connectivity index (χ3v) is 9.11. The number of aromatic amines is 1. The highest BCUT2D eigenvalue weighted by Gasteiger charge is 2.30. The van der Waals surface area contributed by atoms with Crippen LogP contribution in [0.25, 0.3) is 22.4 Å². The molecule has 5 rings (SSSR count). The zero-order valence-corrected chi connectivity index (χ0v) is 24.9. The molecule has 1 saturated heterocycles. The van der Waals surface area contributed by atoms with E-state index < -0.39 is 15.6 Å². The lowest BCUT2D eigenvalue weighted by Gasteiger charge is -2.33. The number of likely N-dealkylation sites (N-methyl/N-ethyl adjacent to an activating group) is 1. The van der Waals surface area contributed by atoms with Gasteiger partial charge in [0.15, 0.2) is 5.52 Å². The van der Waals surface area contributed by atoms with Gasteiger partial charge in [-0.05, 0) is 31.2 Å². The molecule has 1 aliphatic heterocycles. The number of hydrogen-bond donors (Lipinski definition) is 1. The minimum absolute atomic E-state index is 0.00362. The number of hydrogen-bond acceptors (Lipinski definition) is 10. The van der Waals surface area contributed by atoms with Gasteiger partial charge in [-0.2, -0.15) is 9.40 Å². The topological polar surface area (TPSA) is 148 Å². The number of H-pyrrole nitrogens is 1. The fourth-order valence-corrected chi connectivity index (χ4v) is 6.36. The van der Waals surface area contributed by atoms with Crippen LogP contribution >= 0.6 is 0 Å². The van der Waals surface area contributed by atoms with Gasteiger partial charge in [-0.3, -0.25) is 14.5 Å². The van der Waals surface area contributed by atoms with Crippen molar-refractivity contribution in [2.45, 2.75) is 38.1 Å². The summed E-state index contributed by atoms with van der Waals surface area (Å²) in [5.41, 5.74) is 2.05. The molecule has 0 atom stereocenters. The summed E-state index contributed by atoms with van der Waals surface area (Å²) in [6.45, 7) is 7.90. The van der Waals surface area contributed by atoms with Crippen LogP contribution < -0.4 is 10.3 Å². The summed E-state index contributed by atoms with van der Waals surface area (Å²) in [5.74, 6) is 0.289. The van der Waals surface area contributed by atoms with Crippen molar-refractivity contribution in [1.82, 2.24) is 38.9 Å². The molecule has 0 unspecified atom stereocenters. The lowest BCUT2D eigenvalue weighted by molar-refractivity contribution is 0.144. The molecule has 1 fully saturated rings. The van der Waals surface area contributed by atoms with E-state index in [2.05, 4.69) is 31.9 Å². The highest BCUT2D eigenvalue weighted by atomic mass is 32.2. The van der Waals surface area contributed by atoms with Crippen LogP contribution in [0.3, 0.4) is 0 Å². The van der Waals surface area contributed by atoms with E-state index in [9.17, 15) is 13.2 Å². The number of nitrogens with zero attached hydrogens (tertiary/aromatic N) is 7. The number of sulfonamides is 1. The third kappa shape index (κ3) is 6.21. The molecule has 14 heteroatoms. The first-order valence-corrected chi connectivity index (χ1v) is 15.5. The predicted molar refractivity (Wildman–Crippen MR) is 157 cm³/mol. The van der Waals surface area contributed by atoms with Crippen molar-refractivity contribution in [3.05, 3.63) is 58.4 Å². The number of pyridine rings is 2. The summed E-state index contributed by atoms with van der Waals surface area (Å²) >= 11 is 0. The lowest BCUT2D eigenvalue weighted by Crippen LogP contribution is -2.48. The monoisotopic (exact) mass is 596 g/mol. The SMILES string of the molecule is CCCc1c2nc(-c3cc(S(=O)(=O)N4CCN(CC)CC4)cnc3OCCOC)[nH]c(=O)c2nn1Cc1ccccn1. The van der Waals surface area contributed by atoms with Gasteiger partial charge in [-0.15, -0.1) is 0 Å². The summed E-state index contributed by atoms with van der Waals surface area (Å²) in [7, 11) is -2.29. The number of ether oxygens (including phenoxy) is 2. The van der Waals surface area contributed by atoms with E-state index in [1.807, 2.05) is 25.1 Å². The van der Waals surface area contributed by atoms with Gasteiger partial charge in [0.1, 0.15) is 22.8 Å². The molecule has 0 radical (unpaired) electrons. The van der Waals surface area contributed by atoms with E-state index in [-0.39, 0.29) is 34.3 Å². The van der Waals surface area contributed by atoms with Gasteiger partial charge in [0.25, 0.3) is 5.56 Å². The Bertz CT molecular complexity index is 1680. The van der Waals surface area contributed by atoms with Gasteiger partial charge in [-0.1, -0.05) is 26.3 Å². The molecule has 0 bridgehead atoms. The fraction of sp³-hybridized carbons (Fsp3) is 0.464. The Balaban J connectivity index is 1.59. The second-order valence-electron chi connectivity index (χ2n) is 9.99. The molecule has 0 aromatic carbocycles. The number of aromatic nitrogens is 6. The van der Waals surface area contributed by atoms with Gasteiger partial charge in [-0.25, -0.2) is 18.4 Å². The Hall–Kier alpha value is -3.72. The molecule has 4 aromatic heterocycles. The molecule has 0 spiro atoms. The summed E-state index contributed by atoms with van der Waals surface area (Å²) in [5, 5.41) is 4.58. The fourth-order valence-electron chi connectivity index (χ4n) is 4.97. The zero-order chi connectivity index (χ0) is 29.7. The highest BCUT2D eigenvalue weighted by Crippen LogP contribution is 2.30. The summed E-state index contributed by atoms with van der Waals surface area (Å²) in [4.78, 5) is 31.9. The Kier molecular flexibility index (Phi) is 9.26. The van der Waals surface area contributed by atoms with E-state index in [1.165, 1.54) is 16.6 Å². The van der Waals surface area contributed by atoms with Crippen molar-refractivity contribution >= 4 is 21.1 Å². The average molecular weight is 597 g/mol. The summed E-state index contributed by atoms with van der Waals surface area (Å²) in [6, 6.07) is 7.11. The zero-order valence-electron chi connectivity index (χ0n) is 24.1. The molecule has 0 amide bonds. The Morgan fingerprint density at radius 3 is 2.55 bits per heavy atom. The molecule has 0 saturated carbocycles. The maximum Gasteiger partial charge on any atom is 0.279 e. The van der Waals surface area contributed by atoms with E-state index in [0.29, 0.717) is 51.3 Å². The number of methoxy groups -OCH3 is 1. The van der Waals surface area contributed by atoms with Crippen molar-refractivity contribution < 1.29 is 17.9 Å². The maximum atomic E-state index is 13.6. The second-order valence-corrected chi connectivity index (χ2v) is 11.9. The number of rotatable bonds is 12. The van der Waals surface area contributed by atoms with Crippen LogP contribution in [0, 0.1) is 0 Å². The molecule has 5 heterocycles. The van der Waals surface area contributed by atoms with Crippen LogP contribution in [-0.4, -0.2) is 100 Å². The first-order chi connectivity index (χ1) is 20.3. The number of nitrogens with one attached hydrogen (secondary N) is 1. The van der Waals surface area contributed by atoms with Crippen LogP contribution in [0.5, 0.6) is 5.88 Å². The standard InChI is InChI=1S/C28H36N8O5S/c1-4-8-23-24-25(33-36(23)19-20-9-6-7-10-29-20)27(37)32-26(31-24)22-17-21(18-30-28(22)41-16-15-40-3)42(38,39)35-13-11-34(5-2)12-14-35/h6-7,9-10,17-18H,4-5,8,11-16,19H2,1-3H3,(H,31,32,37). The van der Waals surface area contributed by atoms with Crippen molar-refractivity contribution in [2.75, 3.05) is 53.0 Å². The molecule has 224 valence electrons. The van der Waals surface area contributed by atoms with E-state index in [0.717, 1.165) is 24.4 Å². The van der Waals surface area contributed by atoms with E-state index in [1.54, 1.807) is 18.0 Å². The molecule has 13 nitrogen and oxygen atoms in total. The van der Waals surface area contributed by atoms with Crippen LogP contribution in [0.15, 0.2) is 46.3 Å². The smallest absolute Gasteiger partial charge is 0.279 e. The molecule has 0 aliphatic carbocycles. The quantitative estimate of drug-likeness (QED) is 0.241. The number of aryl methyl sites for hydroxylation is 1. The van der Waals surface area contributed by atoms with Crippen molar-refractivity contribution in [3.8, 4) is 17.3 Å². The number of fused-ring (bicyclic) bond motifs is 1. The molecule has 42 heavy (non-hydrogen) atoms. The van der Waals surface area contributed by atoms with Crippen LogP contribution in [0.4, 0.5) is 0 Å². The predicted octanol–water partition coefficient (Wildman–Crippen LogP) is 1.93. The van der Waals surface area contributed by atoms with Crippen LogP contribution in [-0.2, 0) is 27.7 Å². The first kappa shape index (κ1) is 29.8. The lowest BCUT2D eigenvalue weighted by atomic mass is 10.2. The van der Waals surface area contributed by atoms with E-state index in [4.69, 9.17) is 14.5 Å². The van der Waals surface area contributed by atoms with Crippen LogP contribution in [0.2, 0.25) is 0 Å². The van der Waals surface area contributed by atoms with Crippen molar-refractivity contribution in [2.24, 2.45) is 0 Å². The molecular formula is C28H36N8O5S. The minimum atomic E-state index is -3.85. The Morgan fingerprint density at radius 1 is 1.05 bits per heavy atom.